The molecule has 0 aliphatic carbocycles. The number of nitrogens with zero attached hydrogens (tertiary/aromatic N) is 1. The zero-order chi connectivity index (χ0) is 49.6. The second-order valence-electron chi connectivity index (χ2n) is 20.3. The molecule has 2 rings (SSSR count). The zero-order valence-corrected chi connectivity index (χ0v) is 44.2. The molecule has 0 radical (unpaired) electrons. The number of likely N-dealkylation sites (N-methyl/N-ethyl adjacent to an activating group) is 1. The van der Waals surface area contributed by atoms with Crippen molar-refractivity contribution >= 4 is 29.5 Å². The summed E-state index contributed by atoms with van der Waals surface area (Å²) in [6.45, 7) is 4.18. The summed E-state index contributed by atoms with van der Waals surface area (Å²) in [5.41, 5.74) is 0. The fraction of sp³-hybridized carbons (Fsp3) is 0.909. The Hall–Kier alpha value is -1.58. The number of unbranched alkanes of at least 4 members (excludes halogenated alkanes) is 33. The Labute approximate surface area is 418 Å². The second-order valence-corrected chi connectivity index (χ2v) is 21.4. The van der Waals surface area contributed by atoms with Crippen molar-refractivity contribution in [3.8, 4) is 0 Å². The zero-order valence-electron chi connectivity index (χ0n) is 43.4. The van der Waals surface area contributed by atoms with Gasteiger partial charge in [0.2, 0.25) is 5.91 Å². The molecular weight excluding hydrogens is 881 g/mol. The van der Waals surface area contributed by atoms with Crippen molar-refractivity contribution in [2.75, 3.05) is 19.4 Å². The quantitative estimate of drug-likeness (QED) is 0.0252. The molecule has 0 bridgehead atoms. The van der Waals surface area contributed by atoms with E-state index in [2.05, 4.69) is 19.2 Å². The van der Waals surface area contributed by atoms with Crippen molar-refractivity contribution < 1.29 is 49.4 Å². The Morgan fingerprint density at radius 2 is 1.01 bits per heavy atom. The number of carbonyl (C=O) groups excluding carboxylic acids is 3. The molecule has 13 heteroatoms. The molecule has 3 amide bonds. The maximum Gasteiger partial charge on any atom is 0.267 e. The van der Waals surface area contributed by atoms with E-state index in [1.807, 2.05) is 0 Å². The maximum atomic E-state index is 13.2. The number of hydrogen-bond acceptors (Lipinski definition) is 11. The molecule has 12 nitrogen and oxygen atoms in total. The third kappa shape index (κ3) is 28.5. The highest BCUT2D eigenvalue weighted by atomic mass is 32.2. The molecule has 1 fully saturated rings. The van der Waals surface area contributed by atoms with Crippen LogP contribution >= 0.6 is 11.8 Å². The van der Waals surface area contributed by atoms with E-state index in [0.717, 1.165) is 61.6 Å². The molecule has 0 aromatic rings. The summed E-state index contributed by atoms with van der Waals surface area (Å²) in [6.07, 6.45) is 36.0. The Bertz CT molecular complexity index is 1310. The first-order valence-corrected chi connectivity index (χ1v) is 29.1. The second kappa shape index (κ2) is 41.0. The molecule has 6 N–H and O–H groups in total. The molecule has 68 heavy (non-hydrogen) atoms. The number of rotatable bonds is 46. The molecule has 0 unspecified atom stereocenters. The van der Waals surface area contributed by atoms with Gasteiger partial charge in [-0.15, -0.1) is 11.8 Å². The molecule has 0 aromatic carbocycles. The fourth-order valence-electron chi connectivity index (χ4n) is 9.41. The first-order chi connectivity index (χ1) is 33.0. The van der Waals surface area contributed by atoms with Crippen molar-refractivity contribution in [3.05, 3.63) is 11.0 Å². The molecule has 0 aromatic heterocycles. The summed E-state index contributed by atoms with van der Waals surface area (Å²) in [4.78, 5) is 38.7. The highest BCUT2D eigenvalue weighted by molar-refractivity contribution is 8.04. The van der Waals surface area contributed by atoms with Gasteiger partial charge in [-0.25, -0.2) is 0 Å². The smallest absolute Gasteiger partial charge is 0.267 e. The summed E-state index contributed by atoms with van der Waals surface area (Å²) in [5.74, 6) is -1.24. The van der Waals surface area contributed by atoms with Gasteiger partial charge in [0.15, 0.2) is 6.29 Å². The Morgan fingerprint density at radius 3 is 1.41 bits per heavy atom. The molecule has 398 valence electrons. The molecule has 1 saturated heterocycles. The van der Waals surface area contributed by atoms with E-state index in [1.165, 1.54) is 186 Å². The standard InChI is InChI=1S/C55H102N2O10S/c1-4-6-8-10-12-14-16-18-19-20-21-22-23-24-25-26-27-28-30-32-34-36-38-40-48(59)56-44(50(61)45(58)39-37-35-33-31-29-17-15-13-11-9-7-5-2)42-66-55-53(64)52(63)51(62)46(67-55)43-68-47-41-49(60)57(3)54(47)65/h41,44-46,50-53,55,58,61-64H,4-40,42-43H2,1-3H3,(H,56,59)/t44-,45+,46+,50-,51-,52-,53+,55-/m0/s1. The van der Waals surface area contributed by atoms with Crippen LogP contribution in [0.5, 0.6) is 0 Å². The summed E-state index contributed by atoms with van der Waals surface area (Å²) >= 11 is 0.984. The molecule has 0 spiro atoms. The topological polar surface area (TPSA) is 186 Å². The Balaban J connectivity index is 1.71. The lowest BCUT2D eigenvalue weighted by Crippen LogP contribution is -2.60. The SMILES string of the molecule is CCCCCCCCCCCCCCCCCCCCCCCCCC(=O)N[C@@H](CO[C@H]1O[C@H](CSC2=CC(=O)N(C)C2=O)[C@H](O)[C@H](O)[C@H]1O)[C@H](O)[C@H](O)CCCCCCCCCCCCCC. The maximum absolute atomic E-state index is 13.2. The number of aliphatic hydroxyl groups excluding tert-OH is 5. The van der Waals surface area contributed by atoms with E-state index >= 15 is 0 Å². The van der Waals surface area contributed by atoms with Gasteiger partial charge < -0.3 is 40.3 Å². The van der Waals surface area contributed by atoms with Gasteiger partial charge in [0.25, 0.3) is 11.8 Å². The first-order valence-electron chi connectivity index (χ1n) is 28.1. The van der Waals surface area contributed by atoms with Gasteiger partial charge in [-0.1, -0.05) is 232 Å². The van der Waals surface area contributed by atoms with E-state index in [1.54, 1.807) is 0 Å². The minimum absolute atomic E-state index is 0.0242. The largest absolute Gasteiger partial charge is 0.390 e. The summed E-state index contributed by atoms with van der Waals surface area (Å²) < 4.78 is 11.8. The van der Waals surface area contributed by atoms with E-state index < -0.39 is 60.8 Å². The van der Waals surface area contributed by atoms with Crippen molar-refractivity contribution in [3.63, 3.8) is 0 Å². The third-order valence-corrected chi connectivity index (χ3v) is 15.2. The van der Waals surface area contributed by atoms with Gasteiger partial charge >= 0.3 is 0 Å². The highest BCUT2D eigenvalue weighted by Crippen LogP contribution is 2.30. The Morgan fingerprint density at radius 1 is 0.618 bits per heavy atom. The van der Waals surface area contributed by atoms with Crippen LogP contribution in [0.1, 0.15) is 251 Å². The fourth-order valence-corrected chi connectivity index (χ4v) is 10.5. The van der Waals surface area contributed by atoms with Crippen LogP contribution in [-0.2, 0) is 23.9 Å². The van der Waals surface area contributed by atoms with Gasteiger partial charge in [0.05, 0.1) is 29.8 Å². The lowest BCUT2D eigenvalue weighted by molar-refractivity contribution is -0.294. The number of aliphatic hydroxyl groups is 5. The van der Waals surface area contributed by atoms with Crippen molar-refractivity contribution in [1.29, 1.82) is 0 Å². The number of amides is 3. The average molecular weight is 983 g/mol. The lowest BCUT2D eigenvalue weighted by atomic mass is 9.98. The number of imide groups is 1. The normalized spacial score (nSPS) is 21.1. The third-order valence-electron chi connectivity index (χ3n) is 14.1. The average Bonchev–Trinajstić information content (AvgIpc) is 3.58. The monoisotopic (exact) mass is 983 g/mol. The van der Waals surface area contributed by atoms with Crippen LogP contribution in [-0.4, -0.2) is 117 Å². The number of thioether (sulfide) groups is 1. The van der Waals surface area contributed by atoms with Gasteiger partial charge in [0.1, 0.15) is 24.4 Å². The van der Waals surface area contributed by atoms with Crippen LogP contribution in [0.3, 0.4) is 0 Å². The molecule has 2 aliphatic heterocycles. The number of hydrogen-bond donors (Lipinski definition) is 6. The van der Waals surface area contributed by atoms with Crippen LogP contribution in [0.2, 0.25) is 0 Å². The van der Waals surface area contributed by atoms with Crippen LogP contribution in [0.25, 0.3) is 0 Å². The van der Waals surface area contributed by atoms with E-state index in [4.69, 9.17) is 9.47 Å². The molecule has 8 atom stereocenters. The molecular formula is C55H102N2O10S. The van der Waals surface area contributed by atoms with E-state index in [9.17, 15) is 39.9 Å². The number of nitrogens with one attached hydrogen (secondary N) is 1. The summed E-state index contributed by atoms with van der Waals surface area (Å²) in [6, 6.07) is -1.03. The predicted octanol–water partition coefficient (Wildman–Crippen LogP) is 11.1. The van der Waals surface area contributed by atoms with Crippen LogP contribution < -0.4 is 5.32 Å². The van der Waals surface area contributed by atoms with Crippen molar-refractivity contribution in [2.24, 2.45) is 0 Å². The van der Waals surface area contributed by atoms with Crippen molar-refractivity contribution in [2.45, 2.75) is 300 Å². The molecule has 0 saturated carbocycles. The predicted molar refractivity (Wildman–Crippen MR) is 277 cm³/mol. The minimum Gasteiger partial charge on any atom is -0.390 e. The summed E-state index contributed by atoms with van der Waals surface area (Å²) in [7, 11) is 1.37. The molecule has 2 aliphatic rings. The number of carbonyl (C=O) groups is 3. The Kier molecular flexibility index (Phi) is 37.7. The van der Waals surface area contributed by atoms with Gasteiger partial charge in [0, 0.05) is 25.3 Å². The van der Waals surface area contributed by atoms with E-state index in [0.29, 0.717) is 12.8 Å². The summed E-state index contributed by atoms with van der Waals surface area (Å²) in [5, 5.41) is 57.5. The van der Waals surface area contributed by atoms with Crippen molar-refractivity contribution in [1.82, 2.24) is 10.2 Å². The highest BCUT2D eigenvalue weighted by Gasteiger charge is 2.45. The van der Waals surface area contributed by atoms with Gasteiger partial charge in [-0.2, -0.15) is 0 Å². The van der Waals surface area contributed by atoms with E-state index in [-0.39, 0.29) is 29.6 Å². The van der Waals surface area contributed by atoms with Gasteiger partial charge in [-0.3, -0.25) is 19.3 Å². The minimum atomic E-state index is -1.65. The first kappa shape index (κ1) is 62.5. The lowest BCUT2D eigenvalue weighted by Gasteiger charge is -2.41. The van der Waals surface area contributed by atoms with Crippen LogP contribution in [0.4, 0.5) is 0 Å². The number of ether oxygens (including phenoxy) is 2. The van der Waals surface area contributed by atoms with Crippen LogP contribution in [0, 0.1) is 0 Å². The van der Waals surface area contributed by atoms with Crippen LogP contribution in [0.15, 0.2) is 11.0 Å². The van der Waals surface area contributed by atoms with Gasteiger partial charge in [-0.05, 0) is 12.8 Å². The molecule has 2 heterocycles.